The second-order valence-electron chi connectivity index (χ2n) is 9.13. The lowest BCUT2D eigenvalue weighted by molar-refractivity contribution is -0.384. The van der Waals surface area contributed by atoms with Crippen LogP contribution >= 0.6 is 0 Å². The molecule has 1 aromatic heterocycles. The first kappa shape index (κ1) is 21.9. The Labute approximate surface area is 186 Å². The molecule has 1 N–H and O–H groups in total. The van der Waals surface area contributed by atoms with E-state index in [1.54, 1.807) is 19.1 Å². The zero-order chi connectivity index (χ0) is 23.0. The minimum atomic E-state index is -0.645. The van der Waals surface area contributed by atoms with E-state index in [9.17, 15) is 14.9 Å². The van der Waals surface area contributed by atoms with Crippen LogP contribution in [-0.2, 0) is 9.53 Å². The van der Waals surface area contributed by atoms with Gasteiger partial charge in [0.2, 0.25) is 5.95 Å². The lowest BCUT2D eigenvalue weighted by Gasteiger charge is -2.37. The number of rotatable bonds is 5. The van der Waals surface area contributed by atoms with Gasteiger partial charge in [-0.2, -0.15) is 4.68 Å². The largest absolute Gasteiger partial charge is 0.459 e. The highest BCUT2D eigenvalue weighted by molar-refractivity contribution is 5.92. The van der Waals surface area contributed by atoms with E-state index >= 15 is 0 Å². The molecule has 1 fully saturated rings. The topological polar surface area (TPSA) is 125 Å². The minimum absolute atomic E-state index is 0.0274. The fourth-order valence-corrected chi connectivity index (χ4v) is 4.81. The summed E-state index contributed by atoms with van der Waals surface area (Å²) in [6.45, 7) is 8.32. The summed E-state index contributed by atoms with van der Waals surface area (Å²) in [5.41, 5.74) is 1.64. The number of hydrogen-bond acceptors (Lipinski definition) is 8. The van der Waals surface area contributed by atoms with Crippen LogP contribution < -0.4 is 5.32 Å². The molecule has 32 heavy (non-hydrogen) atoms. The fourth-order valence-electron chi connectivity index (χ4n) is 4.81. The average Bonchev–Trinajstić information content (AvgIpc) is 3.20. The zero-order valence-electron chi connectivity index (χ0n) is 18.7. The van der Waals surface area contributed by atoms with Gasteiger partial charge in [0.15, 0.2) is 0 Å². The van der Waals surface area contributed by atoms with E-state index in [0.29, 0.717) is 40.5 Å². The van der Waals surface area contributed by atoms with E-state index in [2.05, 4.69) is 41.6 Å². The number of nitro groups is 1. The van der Waals surface area contributed by atoms with Gasteiger partial charge in [0.25, 0.3) is 5.69 Å². The van der Waals surface area contributed by atoms with Crippen molar-refractivity contribution >= 4 is 17.6 Å². The molecule has 4 rings (SSSR count). The van der Waals surface area contributed by atoms with Gasteiger partial charge in [0.05, 0.1) is 10.5 Å². The fraction of sp³-hybridized carbons (Fsp3) is 0.545. The molecule has 2 heterocycles. The number of non-ortho nitro benzene ring substituents is 1. The quantitative estimate of drug-likeness (QED) is 0.422. The van der Waals surface area contributed by atoms with E-state index in [1.165, 1.54) is 16.8 Å². The van der Waals surface area contributed by atoms with Gasteiger partial charge in [0, 0.05) is 17.8 Å². The molecule has 10 heteroatoms. The molecular weight excluding hydrogens is 412 g/mol. The summed E-state index contributed by atoms with van der Waals surface area (Å²) in [7, 11) is 0. The molecule has 2 aliphatic rings. The normalized spacial score (nSPS) is 25.3. The summed E-state index contributed by atoms with van der Waals surface area (Å²) in [6.07, 6.45) is 2.86. The number of nitrogens with one attached hydrogen (secondary N) is 1. The summed E-state index contributed by atoms with van der Waals surface area (Å²) in [5, 5.41) is 25.9. The van der Waals surface area contributed by atoms with Crippen LogP contribution in [0.2, 0.25) is 0 Å². The first-order valence-corrected chi connectivity index (χ1v) is 11.0. The van der Waals surface area contributed by atoms with E-state index in [4.69, 9.17) is 4.74 Å². The first-order valence-electron chi connectivity index (χ1n) is 11.0. The number of ether oxygens (including phenoxy) is 1. The van der Waals surface area contributed by atoms with Crippen molar-refractivity contribution in [1.29, 1.82) is 0 Å². The van der Waals surface area contributed by atoms with E-state index in [0.717, 1.165) is 19.3 Å². The van der Waals surface area contributed by atoms with E-state index in [1.807, 2.05) is 0 Å². The minimum Gasteiger partial charge on any atom is -0.459 e. The van der Waals surface area contributed by atoms with Gasteiger partial charge in [-0.15, -0.1) is 0 Å². The summed E-state index contributed by atoms with van der Waals surface area (Å²) >= 11 is 0. The third-order valence-electron chi connectivity index (χ3n) is 6.57. The van der Waals surface area contributed by atoms with Crippen molar-refractivity contribution < 1.29 is 14.5 Å². The number of esters is 1. The number of tetrazole rings is 1. The van der Waals surface area contributed by atoms with Gasteiger partial charge in [-0.3, -0.25) is 10.1 Å². The number of nitrogens with zero attached hydrogens (tertiary/aromatic N) is 5. The van der Waals surface area contributed by atoms with Crippen molar-refractivity contribution in [3.05, 3.63) is 51.2 Å². The molecule has 0 saturated heterocycles. The number of carbonyl (C=O) groups is 1. The van der Waals surface area contributed by atoms with Gasteiger partial charge >= 0.3 is 5.97 Å². The van der Waals surface area contributed by atoms with Crippen LogP contribution in [0.25, 0.3) is 0 Å². The molecule has 1 saturated carbocycles. The molecule has 1 aliphatic heterocycles. The van der Waals surface area contributed by atoms with Crippen LogP contribution in [-0.4, -0.2) is 37.2 Å². The number of anilines is 1. The third kappa shape index (κ3) is 4.09. The van der Waals surface area contributed by atoms with Gasteiger partial charge < -0.3 is 10.1 Å². The Balaban J connectivity index is 1.68. The van der Waals surface area contributed by atoms with Gasteiger partial charge in [-0.25, -0.2) is 4.79 Å². The summed E-state index contributed by atoms with van der Waals surface area (Å²) in [4.78, 5) is 24.2. The van der Waals surface area contributed by atoms with Crippen molar-refractivity contribution in [1.82, 2.24) is 20.2 Å². The molecule has 0 bridgehead atoms. The highest BCUT2D eigenvalue weighted by Gasteiger charge is 2.39. The van der Waals surface area contributed by atoms with Crippen LogP contribution in [0.3, 0.4) is 0 Å². The molecule has 4 atom stereocenters. The summed E-state index contributed by atoms with van der Waals surface area (Å²) < 4.78 is 7.63. The molecular formula is C22H28N6O4. The Morgan fingerprint density at radius 3 is 2.66 bits per heavy atom. The second-order valence-corrected chi connectivity index (χ2v) is 9.13. The van der Waals surface area contributed by atoms with Gasteiger partial charge in [-0.1, -0.05) is 32.3 Å². The number of nitro benzene ring substituents is 1. The number of fused-ring (bicyclic) bond motifs is 1. The van der Waals surface area contributed by atoms with Crippen molar-refractivity contribution in [2.45, 2.75) is 59.1 Å². The van der Waals surface area contributed by atoms with Crippen LogP contribution in [0, 0.1) is 27.9 Å². The Hall–Kier alpha value is -3.30. The molecule has 1 aliphatic carbocycles. The SMILES string of the molecule is CC1=C(C(=O)O[C@@H]2C[C@H](C)CC[C@@H]2C(C)C)[C@H](c2ccc([N+](=O)[O-])cc2)n2nnnc2N1. The molecule has 0 radical (unpaired) electrons. The standard InChI is InChI=1S/C22H28N6O4/c1-12(2)17-10-5-13(3)11-18(17)32-21(29)19-14(4)23-22-24-25-26-27(22)20(19)15-6-8-16(9-7-15)28(30)31/h6-9,12-13,17-18,20H,5,10-11H2,1-4H3,(H,23,24,26)/t13-,17-,18-,20+/m1/s1. The molecule has 0 amide bonds. The number of hydrogen-bond donors (Lipinski definition) is 1. The molecule has 0 spiro atoms. The van der Waals surface area contributed by atoms with Crippen molar-refractivity contribution in [2.75, 3.05) is 5.32 Å². The summed E-state index contributed by atoms with van der Waals surface area (Å²) in [6, 6.07) is 5.43. The monoisotopic (exact) mass is 440 g/mol. The van der Waals surface area contributed by atoms with Crippen LogP contribution in [0.4, 0.5) is 11.6 Å². The predicted molar refractivity (Wildman–Crippen MR) is 117 cm³/mol. The maximum atomic E-state index is 13.5. The maximum absolute atomic E-state index is 13.5. The molecule has 10 nitrogen and oxygen atoms in total. The lowest BCUT2D eigenvalue weighted by atomic mass is 9.75. The van der Waals surface area contributed by atoms with Crippen LogP contribution in [0.15, 0.2) is 35.5 Å². The van der Waals surface area contributed by atoms with Crippen LogP contribution in [0.5, 0.6) is 0 Å². The van der Waals surface area contributed by atoms with Crippen molar-refractivity contribution in [3.63, 3.8) is 0 Å². The number of benzene rings is 1. The third-order valence-corrected chi connectivity index (χ3v) is 6.57. The maximum Gasteiger partial charge on any atom is 0.338 e. The van der Waals surface area contributed by atoms with E-state index < -0.39 is 16.9 Å². The van der Waals surface area contributed by atoms with Gasteiger partial charge in [0.1, 0.15) is 12.1 Å². The molecule has 2 aromatic rings. The Morgan fingerprint density at radius 1 is 1.28 bits per heavy atom. The number of carbonyl (C=O) groups excluding carboxylic acids is 1. The van der Waals surface area contributed by atoms with E-state index in [-0.39, 0.29) is 11.8 Å². The van der Waals surface area contributed by atoms with Crippen molar-refractivity contribution in [2.24, 2.45) is 17.8 Å². The average molecular weight is 441 g/mol. The Kier molecular flexibility index (Phi) is 5.94. The first-order chi connectivity index (χ1) is 15.3. The van der Waals surface area contributed by atoms with Crippen molar-refractivity contribution in [3.8, 4) is 0 Å². The molecule has 1 aromatic carbocycles. The molecule has 0 unspecified atom stereocenters. The number of aromatic nitrogens is 4. The Bertz CT molecular complexity index is 1040. The molecule has 170 valence electrons. The highest BCUT2D eigenvalue weighted by Crippen LogP contribution is 2.39. The van der Waals surface area contributed by atoms with Gasteiger partial charge in [-0.05, 0) is 65.6 Å². The zero-order valence-corrected chi connectivity index (χ0v) is 18.7. The summed E-state index contributed by atoms with van der Waals surface area (Å²) in [5.74, 6) is 1.21. The number of allylic oxidation sites excluding steroid dienone is 1. The predicted octanol–water partition coefficient (Wildman–Crippen LogP) is 3.87. The highest BCUT2D eigenvalue weighted by atomic mass is 16.6. The Morgan fingerprint density at radius 2 is 2.00 bits per heavy atom. The second kappa shape index (κ2) is 8.68. The lowest BCUT2D eigenvalue weighted by Crippen LogP contribution is -2.38. The smallest absolute Gasteiger partial charge is 0.338 e. The van der Waals surface area contributed by atoms with Crippen LogP contribution in [0.1, 0.15) is 58.6 Å².